The molecule has 8 heteroatoms. The minimum absolute atomic E-state index is 0.0114. The maximum absolute atomic E-state index is 13.4. The Morgan fingerprint density at radius 3 is 2.53 bits per heavy atom. The molecule has 2 heterocycles. The zero-order valence-corrected chi connectivity index (χ0v) is 22.0. The summed E-state index contributed by atoms with van der Waals surface area (Å²) in [6.45, 7) is 4.91. The lowest BCUT2D eigenvalue weighted by molar-refractivity contribution is -0.140. The van der Waals surface area contributed by atoms with E-state index >= 15 is 0 Å². The minimum Gasteiger partial charge on any atom is -0.507 e. The van der Waals surface area contributed by atoms with Crippen LogP contribution in [0.4, 0.5) is 0 Å². The molecule has 1 N–H and O–H groups in total. The second-order valence-electron chi connectivity index (χ2n) is 9.46. The average Bonchev–Trinajstić information content (AvgIpc) is 3.18. The molecule has 1 aliphatic heterocycles. The first kappa shape index (κ1) is 26.7. The number of carbonyl (C=O) groups excluding carboxylic acids is 2. The van der Waals surface area contributed by atoms with Gasteiger partial charge in [-0.3, -0.25) is 14.6 Å². The third-order valence-corrected chi connectivity index (χ3v) is 6.42. The Balaban J connectivity index is 1.82. The molecule has 8 nitrogen and oxygen atoms in total. The molecule has 1 aromatic heterocycles. The van der Waals surface area contributed by atoms with Gasteiger partial charge in [0.2, 0.25) is 0 Å². The number of ether oxygens (including phenoxy) is 3. The Kier molecular flexibility index (Phi) is 8.31. The van der Waals surface area contributed by atoms with E-state index < -0.39 is 17.7 Å². The van der Waals surface area contributed by atoms with Crippen LogP contribution in [-0.4, -0.2) is 47.5 Å². The lowest BCUT2D eigenvalue weighted by atomic mass is 9.94. The van der Waals surface area contributed by atoms with Gasteiger partial charge < -0.3 is 24.2 Å². The van der Waals surface area contributed by atoms with Crippen LogP contribution in [0.2, 0.25) is 0 Å². The van der Waals surface area contributed by atoms with Crippen molar-refractivity contribution in [1.82, 2.24) is 9.88 Å². The van der Waals surface area contributed by atoms with E-state index in [1.165, 1.54) is 19.1 Å². The number of aromatic nitrogens is 1. The zero-order valence-electron chi connectivity index (χ0n) is 22.0. The Morgan fingerprint density at radius 2 is 1.84 bits per heavy atom. The van der Waals surface area contributed by atoms with Gasteiger partial charge in [-0.2, -0.15) is 0 Å². The summed E-state index contributed by atoms with van der Waals surface area (Å²) >= 11 is 0. The first-order valence-corrected chi connectivity index (χ1v) is 12.5. The van der Waals surface area contributed by atoms with Gasteiger partial charge in [0.05, 0.1) is 32.4 Å². The Bertz CT molecular complexity index is 1340. The maximum Gasteiger partial charge on any atom is 0.295 e. The van der Waals surface area contributed by atoms with Crippen molar-refractivity contribution in [1.29, 1.82) is 0 Å². The lowest BCUT2D eigenvalue weighted by Gasteiger charge is -2.26. The quantitative estimate of drug-likeness (QED) is 0.226. The first-order valence-electron chi connectivity index (χ1n) is 12.5. The Labute approximate surface area is 222 Å². The van der Waals surface area contributed by atoms with Crippen molar-refractivity contribution < 1.29 is 28.9 Å². The summed E-state index contributed by atoms with van der Waals surface area (Å²) in [5, 5.41) is 11.3. The number of rotatable bonds is 10. The van der Waals surface area contributed by atoms with Gasteiger partial charge in [-0.1, -0.05) is 38.1 Å². The molecular weight excluding hydrogens is 484 g/mol. The number of aliphatic hydroxyl groups excluding tert-OH is 1. The van der Waals surface area contributed by atoms with E-state index in [1.807, 2.05) is 6.07 Å². The molecule has 2 aromatic carbocycles. The van der Waals surface area contributed by atoms with E-state index in [0.29, 0.717) is 40.9 Å². The van der Waals surface area contributed by atoms with Crippen LogP contribution < -0.4 is 14.2 Å². The fourth-order valence-electron chi connectivity index (χ4n) is 4.38. The number of Topliss-reactive ketones (excluding diaryl/α,β-unsaturated/α-hetero) is 1. The van der Waals surface area contributed by atoms with Crippen LogP contribution in [0.15, 0.2) is 72.6 Å². The molecular formula is C30H32N2O6. The molecule has 1 fully saturated rings. The van der Waals surface area contributed by atoms with Gasteiger partial charge in [-0.25, -0.2) is 0 Å². The summed E-state index contributed by atoms with van der Waals surface area (Å²) < 4.78 is 16.8. The van der Waals surface area contributed by atoms with E-state index in [4.69, 9.17) is 14.2 Å². The highest BCUT2D eigenvalue weighted by Crippen LogP contribution is 2.43. The number of benzene rings is 2. The number of likely N-dealkylation sites (tertiary alicyclic amines) is 1. The highest BCUT2D eigenvalue weighted by molar-refractivity contribution is 6.46. The highest BCUT2D eigenvalue weighted by Gasteiger charge is 2.46. The minimum atomic E-state index is -0.861. The van der Waals surface area contributed by atoms with Gasteiger partial charge >= 0.3 is 0 Å². The van der Waals surface area contributed by atoms with Crippen molar-refractivity contribution >= 4 is 17.4 Å². The number of ketones is 1. The third kappa shape index (κ3) is 5.64. The monoisotopic (exact) mass is 516 g/mol. The molecule has 1 amide bonds. The van der Waals surface area contributed by atoms with E-state index in [0.717, 1.165) is 12.0 Å². The molecule has 3 aromatic rings. The zero-order chi connectivity index (χ0) is 27.2. The fraction of sp³-hybridized carbons (Fsp3) is 0.300. The van der Waals surface area contributed by atoms with Crippen molar-refractivity contribution in [2.75, 3.05) is 20.8 Å². The molecule has 0 aliphatic carbocycles. The summed E-state index contributed by atoms with van der Waals surface area (Å²) in [6.07, 6.45) is 4.17. The van der Waals surface area contributed by atoms with Crippen molar-refractivity contribution in [3.8, 4) is 17.2 Å². The van der Waals surface area contributed by atoms with Gasteiger partial charge in [-0.15, -0.1) is 0 Å². The van der Waals surface area contributed by atoms with Gasteiger partial charge in [0.15, 0.2) is 11.5 Å². The number of pyridine rings is 1. The molecule has 0 saturated carbocycles. The van der Waals surface area contributed by atoms with Gasteiger partial charge in [-0.05, 0) is 53.8 Å². The summed E-state index contributed by atoms with van der Waals surface area (Å²) in [5.74, 6) is 0.282. The summed E-state index contributed by atoms with van der Waals surface area (Å²) in [5.41, 5.74) is 1.71. The van der Waals surface area contributed by atoms with Crippen LogP contribution in [0.1, 0.15) is 43.0 Å². The molecule has 1 saturated heterocycles. The Hall–Kier alpha value is -4.33. The normalized spacial score (nSPS) is 16.7. The SMILES string of the molecule is COc1cccc(/C(O)=C2\C(=O)C(=O)N(Cc3cccnc3)C2c2ccc(OCCC(C)C)c(OC)c2)c1. The molecule has 38 heavy (non-hydrogen) atoms. The predicted octanol–water partition coefficient (Wildman–Crippen LogP) is 5.15. The Morgan fingerprint density at radius 1 is 1.03 bits per heavy atom. The molecule has 0 spiro atoms. The van der Waals surface area contributed by atoms with E-state index in [1.54, 1.807) is 60.9 Å². The number of hydrogen-bond acceptors (Lipinski definition) is 7. The van der Waals surface area contributed by atoms with Gasteiger partial charge in [0, 0.05) is 24.5 Å². The van der Waals surface area contributed by atoms with Crippen LogP contribution in [0.5, 0.6) is 17.2 Å². The summed E-state index contributed by atoms with van der Waals surface area (Å²) in [6, 6.07) is 14.8. The number of aliphatic hydroxyl groups is 1. The first-order chi connectivity index (χ1) is 18.3. The van der Waals surface area contributed by atoms with Crippen LogP contribution in [0.3, 0.4) is 0 Å². The standard InChI is InChI=1S/C30H32N2O6/c1-19(2)12-14-38-24-11-10-21(16-25(24)37-4)27-26(28(33)22-8-5-9-23(15-22)36-3)29(34)30(35)32(27)18-20-7-6-13-31-17-20/h5-11,13,15-17,19,27,33H,12,14,18H2,1-4H3/b28-26+. The molecule has 0 radical (unpaired) electrons. The summed E-state index contributed by atoms with van der Waals surface area (Å²) in [4.78, 5) is 32.3. The summed E-state index contributed by atoms with van der Waals surface area (Å²) in [7, 11) is 3.06. The van der Waals surface area contributed by atoms with Crippen molar-refractivity contribution in [3.63, 3.8) is 0 Å². The van der Waals surface area contributed by atoms with E-state index in [9.17, 15) is 14.7 Å². The van der Waals surface area contributed by atoms with Crippen molar-refractivity contribution in [3.05, 3.63) is 89.3 Å². The smallest absolute Gasteiger partial charge is 0.295 e. The van der Waals surface area contributed by atoms with Crippen LogP contribution >= 0.6 is 0 Å². The molecule has 1 atom stereocenters. The molecule has 198 valence electrons. The topological polar surface area (TPSA) is 98.2 Å². The number of methoxy groups -OCH3 is 2. The second-order valence-corrected chi connectivity index (χ2v) is 9.46. The molecule has 4 rings (SSSR count). The van der Waals surface area contributed by atoms with Gasteiger partial charge in [0.25, 0.3) is 11.7 Å². The maximum atomic E-state index is 13.4. The highest BCUT2D eigenvalue weighted by atomic mass is 16.5. The lowest BCUT2D eigenvalue weighted by Crippen LogP contribution is -2.29. The second kappa shape index (κ2) is 11.8. The number of carbonyl (C=O) groups is 2. The largest absolute Gasteiger partial charge is 0.507 e. The van der Waals surface area contributed by atoms with E-state index in [-0.39, 0.29) is 17.9 Å². The predicted molar refractivity (Wildman–Crippen MR) is 143 cm³/mol. The average molecular weight is 517 g/mol. The fourth-order valence-corrected chi connectivity index (χ4v) is 4.38. The number of hydrogen-bond donors (Lipinski definition) is 1. The number of amides is 1. The van der Waals surface area contributed by atoms with Crippen LogP contribution in [0, 0.1) is 5.92 Å². The third-order valence-electron chi connectivity index (χ3n) is 6.42. The van der Waals surface area contributed by atoms with Crippen LogP contribution in [-0.2, 0) is 16.1 Å². The van der Waals surface area contributed by atoms with Crippen molar-refractivity contribution in [2.45, 2.75) is 32.9 Å². The number of nitrogens with zero attached hydrogens (tertiary/aromatic N) is 2. The van der Waals surface area contributed by atoms with Gasteiger partial charge in [0.1, 0.15) is 11.5 Å². The van der Waals surface area contributed by atoms with Crippen LogP contribution in [0.25, 0.3) is 5.76 Å². The molecule has 1 unspecified atom stereocenters. The molecule has 1 aliphatic rings. The van der Waals surface area contributed by atoms with E-state index in [2.05, 4.69) is 18.8 Å². The molecule has 0 bridgehead atoms. The van der Waals surface area contributed by atoms with Crippen molar-refractivity contribution in [2.24, 2.45) is 5.92 Å².